The van der Waals surface area contributed by atoms with Crippen LogP contribution in [-0.2, 0) is 6.54 Å². The number of aromatic hydroxyl groups is 1. The average Bonchev–Trinajstić information content (AvgIpc) is 3.32. The zero-order valence-electron chi connectivity index (χ0n) is 16.6. The lowest BCUT2D eigenvalue weighted by atomic mass is 10.2. The Kier molecular flexibility index (Phi) is 4.36. The number of nitrogens with zero attached hydrogens (tertiary/aromatic N) is 5. The summed E-state index contributed by atoms with van der Waals surface area (Å²) < 4.78 is 8.11. The fourth-order valence-electron chi connectivity index (χ4n) is 3.37. The summed E-state index contributed by atoms with van der Waals surface area (Å²) in [5.74, 6) is 1.15. The van der Waals surface area contributed by atoms with Gasteiger partial charge in [0.15, 0.2) is 11.2 Å². The molecule has 0 aliphatic heterocycles. The van der Waals surface area contributed by atoms with Gasteiger partial charge in [-0.3, -0.25) is 4.98 Å². The van der Waals surface area contributed by atoms with E-state index in [2.05, 4.69) is 21.9 Å². The van der Waals surface area contributed by atoms with Crippen molar-refractivity contribution in [3.8, 4) is 23.0 Å². The van der Waals surface area contributed by atoms with E-state index in [-0.39, 0.29) is 16.4 Å². The standard InChI is InChI=1S/C22H20ClN5O2/c1-13-5-8-24-15(9-13)11-28-19(14-3-4-17(29)16(23)10-14)27-18-20(28)25-12-26-21(18)30-22(2)6-7-22/h3-5,8-10,12,29H,6-7,11H2,1-2H3. The van der Waals surface area contributed by atoms with E-state index in [4.69, 9.17) is 21.3 Å². The summed E-state index contributed by atoms with van der Waals surface area (Å²) in [6, 6.07) is 9.01. The smallest absolute Gasteiger partial charge is 0.245 e. The lowest BCUT2D eigenvalue weighted by molar-refractivity contribution is 0.194. The van der Waals surface area contributed by atoms with E-state index in [1.807, 2.05) is 23.6 Å². The molecule has 1 aromatic carbocycles. The maximum Gasteiger partial charge on any atom is 0.245 e. The number of hydrogen-bond acceptors (Lipinski definition) is 6. The number of phenols is 1. The van der Waals surface area contributed by atoms with Crippen molar-refractivity contribution in [1.29, 1.82) is 0 Å². The number of fused-ring (bicyclic) bond motifs is 1. The summed E-state index contributed by atoms with van der Waals surface area (Å²) >= 11 is 6.17. The van der Waals surface area contributed by atoms with Crippen LogP contribution in [0.2, 0.25) is 5.02 Å². The van der Waals surface area contributed by atoms with Crippen LogP contribution in [0.1, 0.15) is 31.0 Å². The van der Waals surface area contributed by atoms with Crippen LogP contribution in [0.4, 0.5) is 0 Å². The molecule has 7 nitrogen and oxygen atoms in total. The molecule has 1 N–H and O–H groups in total. The zero-order chi connectivity index (χ0) is 20.9. The van der Waals surface area contributed by atoms with Gasteiger partial charge in [-0.1, -0.05) is 11.6 Å². The van der Waals surface area contributed by atoms with Crippen LogP contribution in [0.3, 0.4) is 0 Å². The SMILES string of the molecule is Cc1ccnc(Cn2c(-c3ccc(O)c(Cl)c3)nc3c(OC4(C)CC4)ncnc32)c1. The van der Waals surface area contributed by atoms with Crippen molar-refractivity contribution >= 4 is 22.8 Å². The zero-order valence-corrected chi connectivity index (χ0v) is 17.4. The van der Waals surface area contributed by atoms with Crippen molar-refractivity contribution in [2.75, 3.05) is 0 Å². The van der Waals surface area contributed by atoms with Gasteiger partial charge in [0.2, 0.25) is 5.88 Å². The van der Waals surface area contributed by atoms with Crippen molar-refractivity contribution in [3.05, 3.63) is 59.1 Å². The molecular weight excluding hydrogens is 402 g/mol. The van der Waals surface area contributed by atoms with Gasteiger partial charge in [-0.2, -0.15) is 4.98 Å². The Morgan fingerprint density at radius 2 is 2.00 bits per heavy atom. The third kappa shape index (κ3) is 3.45. The molecule has 30 heavy (non-hydrogen) atoms. The van der Waals surface area contributed by atoms with Gasteiger partial charge in [-0.25, -0.2) is 9.97 Å². The normalized spacial score (nSPS) is 14.8. The lowest BCUT2D eigenvalue weighted by Gasteiger charge is -2.11. The second-order valence-electron chi connectivity index (χ2n) is 7.92. The van der Waals surface area contributed by atoms with E-state index in [9.17, 15) is 5.11 Å². The van der Waals surface area contributed by atoms with Crippen molar-refractivity contribution in [2.24, 2.45) is 0 Å². The average molecular weight is 422 g/mol. The Morgan fingerprint density at radius 1 is 1.17 bits per heavy atom. The summed E-state index contributed by atoms with van der Waals surface area (Å²) in [6.07, 6.45) is 5.27. The molecule has 0 atom stereocenters. The van der Waals surface area contributed by atoms with Gasteiger partial charge >= 0.3 is 0 Å². The molecule has 3 aromatic heterocycles. The van der Waals surface area contributed by atoms with Gasteiger partial charge < -0.3 is 14.4 Å². The van der Waals surface area contributed by atoms with Gasteiger partial charge in [0.05, 0.1) is 17.3 Å². The number of aryl methyl sites for hydroxylation is 1. The molecular formula is C22H20ClN5O2. The highest BCUT2D eigenvalue weighted by Crippen LogP contribution is 2.41. The Morgan fingerprint density at radius 3 is 2.73 bits per heavy atom. The van der Waals surface area contributed by atoms with Crippen LogP contribution >= 0.6 is 11.6 Å². The number of ether oxygens (including phenoxy) is 1. The van der Waals surface area contributed by atoms with Crippen molar-refractivity contribution in [1.82, 2.24) is 24.5 Å². The van der Waals surface area contributed by atoms with Crippen molar-refractivity contribution < 1.29 is 9.84 Å². The molecule has 0 saturated heterocycles. The van der Waals surface area contributed by atoms with Gasteiger partial charge in [-0.05, 0) is 62.6 Å². The summed E-state index contributed by atoms with van der Waals surface area (Å²) in [5.41, 5.74) is 3.83. The Balaban J connectivity index is 1.69. The van der Waals surface area contributed by atoms with Crippen LogP contribution < -0.4 is 4.74 Å². The van der Waals surface area contributed by atoms with Crippen LogP contribution in [0.25, 0.3) is 22.6 Å². The number of phenolic OH excluding ortho intramolecular Hbond substituents is 1. The predicted molar refractivity (Wildman–Crippen MR) is 114 cm³/mol. The van der Waals surface area contributed by atoms with E-state index in [0.717, 1.165) is 29.7 Å². The number of halogens is 1. The predicted octanol–water partition coefficient (Wildman–Crippen LogP) is 4.54. The summed E-state index contributed by atoms with van der Waals surface area (Å²) in [7, 11) is 0. The molecule has 3 heterocycles. The molecule has 1 fully saturated rings. The first kappa shape index (κ1) is 18.8. The fraction of sp³-hybridized carbons (Fsp3) is 0.273. The van der Waals surface area contributed by atoms with Crippen molar-refractivity contribution in [3.63, 3.8) is 0 Å². The molecule has 8 heteroatoms. The molecule has 1 aliphatic rings. The molecule has 0 amide bonds. The maximum atomic E-state index is 9.83. The van der Waals surface area contributed by atoms with Gasteiger partial charge in [0.25, 0.3) is 0 Å². The molecule has 1 aliphatic carbocycles. The minimum Gasteiger partial charge on any atom is -0.506 e. The number of pyridine rings is 1. The number of aromatic nitrogens is 5. The topological polar surface area (TPSA) is 86.0 Å². The molecule has 0 unspecified atom stereocenters. The third-order valence-corrected chi connectivity index (χ3v) is 5.60. The fourth-order valence-corrected chi connectivity index (χ4v) is 3.55. The van der Waals surface area contributed by atoms with E-state index >= 15 is 0 Å². The monoisotopic (exact) mass is 421 g/mol. The minimum absolute atomic E-state index is 0.0221. The van der Waals surface area contributed by atoms with E-state index in [1.54, 1.807) is 24.4 Å². The molecule has 4 aromatic rings. The quantitative estimate of drug-likeness (QED) is 0.509. The van der Waals surface area contributed by atoms with Gasteiger partial charge in [0, 0.05) is 11.8 Å². The molecule has 1 saturated carbocycles. The first-order chi connectivity index (χ1) is 14.4. The second-order valence-corrected chi connectivity index (χ2v) is 8.32. The van der Waals surface area contributed by atoms with Crippen LogP contribution in [0.5, 0.6) is 11.6 Å². The number of imidazole rings is 1. The Bertz CT molecular complexity index is 1270. The first-order valence-corrected chi connectivity index (χ1v) is 10.1. The Hall–Kier alpha value is -3.19. The van der Waals surface area contributed by atoms with Crippen molar-refractivity contribution in [2.45, 2.75) is 38.8 Å². The molecule has 5 rings (SSSR count). The highest BCUT2D eigenvalue weighted by atomic mass is 35.5. The maximum absolute atomic E-state index is 9.83. The first-order valence-electron chi connectivity index (χ1n) is 9.72. The van der Waals surface area contributed by atoms with E-state index < -0.39 is 0 Å². The molecule has 152 valence electrons. The van der Waals surface area contributed by atoms with Crippen LogP contribution in [-0.4, -0.2) is 35.2 Å². The van der Waals surface area contributed by atoms with Gasteiger partial charge in [-0.15, -0.1) is 0 Å². The second kappa shape index (κ2) is 6.95. The van der Waals surface area contributed by atoms with Crippen LogP contribution in [0.15, 0.2) is 42.9 Å². The minimum atomic E-state index is -0.189. The third-order valence-electron chi connectivity index (χ3n) is 5.29. The van der Waals surface area contributed by atoms with E-state index in [1.165, 1.54) is 6.33 Å². The summed E-state index contributed by atoms with van der Waals surface area (Å²) in [4.78, 5) is 18.2. The largest absolute Gasteiger partial charge is 0.506 e. The Labute approximate surface area is 178 Å². The highest BCUT2D eigenvalue weighted by molar-refractivity contribution is 6.32. The van der Waals surface area contributed by atoms with Crippen LogP contribution in [0, 0.1) is 6.92 Å². The van der Waals surface area contributed by atoms with Gasteiger partial charge in [0.1, 0.15) is 23.5 Å². The van der Waals surface area contributed by atoms with E-state index in [0.29, 0.717) is 29.4 Å². The lowest BCUT2D eigenvalue weighted by Crippen LogP contribution is -2.13. The molecule has 0 spiro atoms. The molecule has 0 radical (unpaired) electrons. The number of rotatable bonds is 5. The number of hydrogen-bond donors (Lipinski definition) is 1. The highest BCUT2D eigenvalue weighted by Gasteiger charge is 2.41. The summed E-state index contributed by atoms with van der Waals surface area (Å²) in [5, 5.41) is 10.1. The molecule has 0 bridgehead atoms. The summed E-state index contributed by atoms with van der Waals surface area (Å²) in [6.45, 7) is 4.57. The number of benzene rings is 1.